The molecule has 7 rings (SSSR count). The number of allylic oxidation sites excluding steroid dienone is 2. The Hall–Kier alpha value is -9.66. The molecule has 0 atom stereocenters. The number of hydrogen-bond donors (Lipinski definition) is 6. The summed E-state index contributed by atoms with van der Waals surface area (Å²) in [6.45, 7) is 8.31. The molecular weight excluding hydrogens is 957 g/mol. The van der Waals surface area contributed by atoms with E-state index in [1.165, 1.54) is 31.4 Å². The van der Waals surface area contributed by atoms with Crippen LogP contribution in [0, 0.1) is 26.2 Å². The summed E-state index contributed by atoms with van der Waals surface area (Å²) in [6, 6.07) is 15.9. The van der Waals surface area contributed by atoms with Gasteiger partial charge in [-0.1, -0.05) is 30.2 Å². The van der Waals surface area contributed by atoms with E-state index >= 15 is 0 Å². The zero-order valence-corrected chi connectivity index (χ0v) is 41.2. The van der Waals surface area contributed by atoms with Gasteiger partial charge in [0.05, 0.1) is 36.1 Å². The minimum atomic E-state index is -0.750. The molecule has 24 nitrogen and oxygen atoms in total. The summed E-state index contributed by atoms with van der Waals surface area (Å²) in [4.78, 5) is 86.3. The Morgan fingerprint density at radius 2 is 1.23 bits per heavy atom. The Labute approximate surface area is 423 Å². The number of terminal acetylenes is 1. The van der Waals surface area contributed by atoms with E-state index in [1.54, 1.807) is 80.9 Å². The number of imidazole rings is 2. The molecule has 0 radical (unpaired) electrons. The van der Waals surface area contributed by atoms with Gasteiger partial charge in [0.1, 0.15) is 40.5 Å². The number of hydrogen-bond acceptors (Lipinski definition) is 14. The van der Waals surface area contributed by atoms with Gasteiger partial charge < -0.3 is 44.9 Å². The van der Waals surface area contributed by atoms with Crippen LogP contribution in [0.25, 0.3) is 22.1 Å². The molecule has 7 aromatic rings. The maximum absolute atomic E-state index is 13.9. The van der Waals surface area contributed by atoms with Crippen LogP contribution in [0.4, 0.5) is 27.2 Å². The van der Waals surface area contributed by atoms with Crippen molar-refractivity contribution in [2.75, 3.05) is 42.8 Å². The molecule has 74 heavy (non-hydrogen) atoms. The number of aryl methyl sites for hydroxylation is 4. The lowest BCUT2D eigenvalue weighted by Crippen LogP contribution is -2.26. The fraction of sp³-hybridized carbons (Fsp3) is 0.280. The third-order valence-corrected chi connectivity index (χ3v) is 11.2. The van der Waals surface area contributed by atoms with E-state index in [1.807, 2.05) is 13.8 Å². The van der Waals surface area contributed by atoms with Gasteiger partial charge in [0, 0.05) is 49.5 Å². The lowest BCUT2D eigenvalue weighted by Gasteiger charge is -2.13. The first-order valence-corrected chi connectivity index (χ1v) is 23.2. The Bertz CT molecular complexity index is 3340. The number of aromatic nitrogens is 8. The number of anilines is 3. The zero-order chi connectivity index (χ0) is 53.1. The van der Waals surface area contributed by atoms with Crippen LogP contribution in [-0.4, -0.2) is 101 Å². The van der Waals surface area contributed by atoms with Crippen molar-refractivity contribution in [3.63, 3.8) is 0 Å². The molecule has 0 bridgehead atoms. The summed E-state index contributed by atoms with van der Waals surface area (Å²) in [5.74, 6) is 0.515. The number of fused-ring (bicyclic) bond motifs is 2. The maximum atomic E-state index is 13.9. The molecule has 8 N–H and O–H groups in total. The SMILES string of the molecule is C#CCOC(=O)Nc1ccc(COC(=O)NCCCOc2cc(C(N)=O)cc3nc(NC(=O)c4cc(C)nn4CC)n(C/C=C/Cn4c(NC(=O)c5cc(C)nn5CC)nc5cc(C(N)=O)cc(OC)c54)c23)cc1. The van der Waals surface area contributed by atoms with E-state index in [0.717, 1.165) is 0 Å². The molecule has 0 aliphatic carbocycles. The third kappa shape index (κ3) is 12.3. The summed E-state index contributed by atoms with van der Waals surface area (Å²) in [5, 5.41) is 19.8. The average molecular weight is 1010 g/mol. The predicted octanol–water partition coefficient (Wildman–Crippen LogP) is 5.28. The van der Waals surface area contributed by atoms with Gasteiger partial charge >= 0.3 is 12.2 Å². The number of amides is 6. The number of rotatable bonds is 22. The van der Waals surface area contributed by atoms with Crippen LogP contribution in [0.1, 0.15) is 78.9 Å². The molecule has 384 valence electrons. The van der Waals surface area contributed by atoms with Crippen molar-refractivity contribution in [3.05, 3.63) is 112 Å². The fourth-order valence-electron chi connectivity index (χ4n) is 7.78. The number of nitrogens with zero attached hydrogens (tertiary/aromatic N) is 8. The van der Waals surface area contributed by atoms with E-state index in [4.69, 9.17) is 41.8 Å². The van der Waals surface area contributed by atoms with Crippen molar-refractivity contribution >= 4 is 75.5 Å². The molecule has 4 aromatic heterocycles. The first-order chi connectivity index (χ1) is 35.6. The van der Waals surface area contributed by atoms with Gasteiger partial charge in [-0.15, -0.1) is 6.42 Å². The van der Waals surface area contributed by atoms with Gasteiger partial charge in [0.2, 0.25) is 23.7 Å². The highest BCUT2D eigenvalue weighted by Gasteiger charge is 2.24. The van der Waals surface area contributed by atoms with Crippen molar-refractivity contribution < 1.29 is 47.7 Å². The summed E-state index contributed by atoms with van der Waals surface area (Å²) in [6.07, 6.45) is 7.61. The number of primary amides is 2. The van der Waals surface area contributed by atoms with Crippen LogP contribution in [-0.2, 0) is 42.3 Å². The van der Waals surface area contributed by atoms with Crippen LogP contribution >= 0.6 is 0 Å². The first kappa shape index (κ1) is 52.2. The molecule has 0 aliphatic heterocycles. The van der Waals surface area contributed by atoms with Gasteiger partial charge in [-0.2, -0.15) is 10.2 Å². The molecule has 0 saturated carbocycles. The number of carbonyl (C=O) groups is 6. The Kier molecular flexibility index (Phi) is 16.6. The fourth-order valence-corrected chi connectivity index (χ4v) is 7.78. The molecular formula is C50H54N14O10. The molecule has 0 aliphatic rings. The van der Waals surface area contributed by atoms with Crippen molar-refractivity contribution in [3.8, 4) is 23.8 Å². The predicted molar refractivity (Wildman–Crippen MR) is 272 cm³/mol. The second kappa shape index (κ2) is 23.5. The van der Waals surface area contributed by atoms with Crippen molar-refractivity contribution in [1.29, 1.82) is 0 Å². The maximum Gasteiger partial charge on any atom is 0.412 e. The Morgan fingerprint density at radius 1 is 0.703 bits per heavy atom. The van der Waals surface area contributed by atoms with E-state index < -0.39 is 35.8 Å². The number of ether oxygens (including phenoxy) is 4. The number of carbonyl (C=O) groups excluding carboxylic acids is 6. The first-order valence-electron chi connectivity index (χ1n) is 23.2. The molecule has 3 aromatic carbocycles. The lowest BCUT2D eigenvalue weighted by atomic mass is 10.1. The van der Waals surface area contributed by atoms with E-state index in [-0.39, 0.29) is 85.2 Å². The molecule has 24 heteroatoms. The van der Waals surface area contributed by atoms with Gasteiger partial charge in [-0.25, -0.2) is 19.6 Å². The monoisotopic (exact) mass is 1010 g/mol. The molecule has 0 unspecified atom stereocenters. The number of methoxy groups -OCH3 is 1. The van der Waals surface area contributed by atoms with Crippen molar-refractivity contribution in [1.82, 2.24) is 44.0 Å². The van der Waals surface area contributed by atoms with E-state index in [0.29, 0.717) is 64.4 Å². The lowest BCUT2D eigenvalue weighted by molar-refractivity contribution is 0.0991. The van der Waals surface area contributed by atoms with Gasteiger partial charge in [0.25, 0.3) is 11.8 Å². The van der Waals surface area contributed by atoms with Gasteiger partial charge in [-0.3, -0.25) is 44.5 Å². The van der Waals surface area contributed by atoms with Gasteiger partial charge in [0.15, 0.2) is 6.61 Å². The number of nitrogens with two attached hydrogens (primary N) is 2. The Morgan fingerprint density at radius 3 is 1.73 bits per heavy atom. The Balaban J connectivity index is 1.13. The summed E-state index contributed by atoms with van der Waals surface area (Å²) < 4.78 is 28.6. The van der Waals surface area contributed by atoms with Crippen LogP contribution in [0.15, 0.2) is 72.8 Å². The van der Waals surface area contributed by atoms with Crippen LogP contribution in [0.2, 0.25) is 0 Å². The quantitative estimate of drug-likeness (QED) is 0.0286. The average Bonchev–Trinajstić information content (AvgIpc) is 4.15. The van der Waals surface area contributed by atoms with E-state index in [2.05, 4.69) is 42.4 Å². The standard InChI is InChI=1S/C50H54N14O10/c1-7-20-73-50(70)54-34-15-13-31(14-16-34)28-74-49(69)53-17-12-21-72-40-27-33(44(52)66)25-36-42(40)62(48(56-36)58-46(68)38-23-30(5)60-64(38)9-3)19-11-10-18-61-41-35(24-32(43(51)65)26-39(41)71-6)55-47(61)57-45(67)37-22-29(4)59-63(37)8-2/h1,10-11,13-16,22-27H,8-9,12,17-21,28H2,2-6H3,(H2,51,65)(H2,52,66)(H,53,69)(H,54,70)(H,55,57,67)(H,56,58,68)/b11-10+. The van der Waals surface area contributed by atoms with Crippen molar-refractivity contribution in [2.24, 2.45) is 11.5 Å². The van der Waals surface area contributed by atoms with Crippen molar-refractivity contribution in [2.45, 2.75) is 66.9 Å². The second-order valence-electron chi connectivity index (χ2n) is 16.4. The topological polar surface area (TPSA) is 311 Å². The van der Waals surface area contributed by atoms with Crippen LogP contribution < -0.4 is 42.2 Å². The minimum Gasteiger partial charge on any atom is -0.494 e. The minimum absolute atomic E-state index is 0.0473. The number of alkyl carbamates (subject to hydrolysis) is 1. The molecule has 4 heterocycles. The molecule has 6 amide bonds. The smallest absolute Gasteiger partial charge is 0.412 e. The highest BCUT2D eigenvalue weighted by atomic mass is 16.6. The summed E-state index contributed by atoms with van der Waals surface area (Å²) in [5.41, 5.74) is 16.1. The second-order valence-corrected chi connectivity index (χ2v) is 16.4. The largest absolute Gasteiger partial charge is 0.494 e. The molecule has 0 saturated heterocycles. The summed E-state index contributed by atoms with van der Waals surface area (Å²) in [7, 11) is 1.44. The summed E-state index contributed by atoms with van der Waals surface area (Å²) >= 11 is 0. The van der Waals surface area contributed by atoms with Crippen LogP contribution in [0.3, 0.4) is 0 Å². The third-order valence-electron chi connectivity index (χ3n) is 11.2. The zero-order valence-electron chi connectivity index (χ0n) is 41.2. The number of nitrogens with one attached hydrogen (secondary N) is 4. The van der Waals surface area contributed by atoms with E-state index in [9.17, 15) is 28.8 Å². The van der Waals surface area contributed by atoms with Gasteiger partial charge in [-0.05, 0) is 88.2 Å². The highest BCUT2D eigenvalue weighted by molar-refractivity contribution is 6.05. The normalized spacial score (nSPS) is 11.1. The molecule has 0 fully saturated rings. The number of benzene rings is 3. The van der Waals surface area contributed by atoms with Crippen LogP contribution in [0.5, 0.6) is 11.5 Å². The molecule has 0 spiro atoms. The highest BCUT2D eigenvalue weighted by Crippen LogP contribution is 2.33.